The maximum absolute atomic E-state index is 13.5. The summed E-state index contributed by atoms with van der Waals surface area (Å²) in [5.74, 6) is 0.837. The fraction of sp³-hybridized carbons (Fsp3) is 0.500. The fourth-order valence-electron chi connectivity index (χ4n) is 4.19. The number of piperidine rings is 1. The first-order valence-electron chi connectivity index (χ1n) is 11.3. The number of nitrogens with zero attached hydrogens (tertiary/aromatic N) is 2. The lowest BCUT2D eigenvalue weighted by molar-refractivity contribution is 0.128. The van der Waals surface area contributed by atoms with Gasteiger partial charge in [0.05, 0.1) is 23.5 Å². The Morgan fingerprint density at radius 3 is 2.21 bits per heavy atom. The highest BCUT2D eigenvalue weighted by molar-refractivity contribution is 7.91. The normalized spacial score (nSPS) is 16.1. The second-order valence-corrected chi connectivity index (χ2v) is 12.4. The summed E-state index contributed by atoms with van der Waals surface area (Å²) in [5, 5.41) is 0. The summed E-state index contributed by atoms with van der Waals surface area (Å²) >= 11 is 0. The standard InChI is InChI=1S/C24H34N2O6S2/c1-31-18-17-26(34(29,30)24-6-4-5-23(19-24)33(3,27)28)21-12-15-25(16-13-21)14-11-20-7-9-22(32-2)10-8-20/h4-10,19,21H,11-18H2,1-3H3. The Bertz CT molecular complexity index is 1140. The molecule has 0 radical (unpaired) electrons. The van der Waals surface area contributed by atoms with Crippen molar-refractivity contribution in [1.29, 1.82) is 0 Å². The Hall–Kier alpha value is -1.98. The zero-order valence-corrected chi connectivity index (χ0v) is 21.6. The molecular weight excluding hydrogens is 476 g/mol. The van der Waals surface area contributed by atoms with Crippen LogP contribution in [0.25, 0.3) is 0 Å². The quantitative estimate of drug-likeness (QED) is 0.458. The van der Waals surface area contributed by atoms with E-state index >= 15 is 0 Å². The molecule has 0 bridgehead atoms. The summed E-state index contributed by atoms with van der Waals surface area (Å²) in [6.07, 6.45) is 3.40. The van der Waals surface area contributed by atoms with Gasteiger partial charge in [0.1, 0.15) is 5.75 Å². The van der Waals surface area contributed by atoms with E-state index in [9.17, 15) is 16.8 Å². The largest absolute Gasteiger partial charge is 0.497 e. The highest BCUT2D eigenvalue weighted by Gasteiger charge is 2.34. The lowest BCUT2D eigenvalue weighted by Gasteiger charge is -2.37. The van der Waals surface area contributed by atoms with Crippen LogP contribution in [0.1, 0.15) is 18.4 Å². The van der Waals surface area contributed by atoms with Crippen LogP contribution >= 0.6 is 0 Å². The Kier molecular flexibility index (Phi) is 9.11. The van der Waals surface area contributed by atoms with Gasteiger partial charge in [-0.2, -0.15) is 4.31 Å². The van der Waals surface area contributed by atoms with Crippen LogP contribution in [0.3, 0.4) is 0 Å². The zero-order valence-electron chi connectivity index (χ0n) is 20.0. The predicted molar refractivity (Wildman–Crippen MR) is 131 cm³/mol. The summed E-state index contributed by atoms with van der Waals surface area (Å²) in [4.78, 5) is 2.34. The lowest BCUT2D eigenvalue weighted by atomic mass is 10.0. The number of sulfonamides is 1. The smallest absolute Gasteiger partial charge is 0.243 e. The van der Waals surface area contributed by atoms with Crippen LogP contribution in [0, 0.1) is 0 Å². The molecule has 1 aliphatic heterocycles. The second-order valence-electron chi connectivity index (χ2n) is 8.53. The van der Waals surface area contributed by atoms with E-state index in [0.717, 1.165) is 38.1 Å². The van der Waals surface area contributed by atoms with Gasteiger partial charge < -0.3 is 14.4 Å². The van der Waals surface area contributed by atoms with E-state index in [1.54, 1.807) is 7.11 Å². The van der Waals surface area contributed by atoms with Gasteiger partial charge in [-0.15, -0.1) is 0 Å². The number of benzene rings is 2. The van der Waals surface area contributed by atoms with Crippen LogP contribution in [0.15, 0.2) is 58.3 Å². The van der Waals surface area contributed by atoms with E-state index in [0.29, 0.717) is 12.8 Å². The van der Waals surface area contributed by atoms with E-state index in [2.05, 4.69) is 17.0 Å². The molecule has 0 atom stereocenters. The maximum atomic E-state index is 13.5. The number of methoxy groups -OCH3 is 2. The zero-order chi connectivity index (χ0) is 24.8. The molecule has 1 aliphatic rings. The molecule has 1 heterocycles. The first kappa shape index (κ1) is 26.6. The molecule has 10 heteroatoms. The molecule has 0 amide bonds. The van der Waals surface area contributed by atoms with Crippen molar-refractivity contribution in [2.24, 2.45) is 0 Å². The summed E-state index contributed by atoms with van der Waals surface area (Å²) in [7, 11) is -4.20. The number of likely N-dealkylation sites (tertiary alicyclic amines) is 1. The molecule has 2 aromatic rings. The summed E-state index contributed by atoms with van der Waals surface area (Å²) in [6, 6.07) is 13.5. The molecule has 2 aromatic carbocycles. The fourth-order valence-corrected chi connectivity index (χ4v) is 6.65. The van der Waals surface area contributed by atoms with Gasteiger partial charge in [-0.3, -0.25) is 0 Å². The molecule has 1 fully saturated rings. The monoisotopic (exact) mass is 510 g/mol. The van der Waals surface area contributed by atoms with Gasteiger partial charge in [0.25, 0.3) is 0 Å². The molecule has 3 rings (SSSR count). The summed E-state index contributed by atoms with van der Waals surface area (Å²) in [6.45, 7) is 2.98. The highest BCUT2D eigenvalue weighted by atomic mass is 32.2. The number of hydrogen-bond donors (Lipinski definition) is 0. The molecule has 34 heavy (non-hydrogen) atoms. The number of sulfone groups is 1. The molecule has 188 valence electrons. The van der Waals surface area contributed by atoms with Gasteiger partial charge in [-0.05, 0) is 68.2 Å². The van der Waals surface area contributed by atoms with Crippen LogP contribution in [-0.2, 0) is 31.0 Å². The number of hydrogen-bond acceptors (Lipinski definition) is 7. The molecule has 0 aliphatic carbocycles. The maximum Gasteiger partial charge on any atom is 0.243 e. The molecule has 0 spiro atoms. The Morgan fingerprint density at radius 2 is 1.62 bits per heavy atom. The molecular formula is C24H34N2O6S2. The van der Waals surface area contributed by atoms with E-state index in [4.69, 9.17) is 9.47 Å². The summed E-state index contributed by atoms with van der Waals surface area (Å²) < 4.78 is 62.8. The molecule has 0 unspecified atom stereocenters. The van der Waals surface area contributed by atoms with Gasteiger partial charge in [-0.25, -0.2) is 16.8 Å². The van der Waals surface area contributed by atoms with E-state index in [-0.39, 0.29) is 29.0 Å². The van der Waals surface area contributed by atoms with Crippen molar-refractivity contribution >= 4 is 19.9 Å². The van der Waals surface area contributed by atoms with Crippen LogP contribution in [0.4, 0.5) is 0 Å². The van der Waals surface area contributed by atoms with Crippen LogP contribution in [0.2, 0.25) is 0 Å². The van der Waals surface area contributed by atoms with Crippen LogP contribution in [0.5, 0.6) is 5.75 Å². The Morgan fingerprint density at radius 1 is 0.971 bits per heavy atom. The van der Waals surface area contributed by atoms with Crippen LogP contribution in [-0.4, -0.2) is 85.3 Å². The topological polar surface area (TPSA) is 93.2 Å². The molecule has 0 saturated carbocycles. The highest BCUT2D eigenvalue weighted by Crippen LogP contribution is 2.26. The first-order chi connectivity index (χ1) is 16.1. The minimum Gasteiger partial charge on any atom is -0.497 e. The van der Waals surface area contributed by atoms with Crippen molar-refractivity contribution in [3.05, 3.63) is 54.1 Å². The molecule has 1 saturated heterocycles. The van der Waals surface area contributed by atoms with E-state index in [1.807, 2.05) is 12.1 Å². The molecule has 0 N–H and O–H groups in total. The van der Waals surface area contributed by atoms with Gasteiger partial charge >= 0.3 is 0 Å². The first-order valence-corrected chi connectivity index (χ1v) is 14.6. The van der Waals surface area contributed by atoms with Gasteiger partial charge in [0.15, 0.2) is 9.84 Å². The molecule has 8 nitrogen and oxygen atoms in total. The minimum absolute atomic E-state index is 0.00591. The third-order valence-corrected chi connectivity index (χ3v) is 9.25. The average molecular weight is 511 g/mol. The second kappa shape index (κ2) is 11.6. The third kappa shape index (κ3) is 6.79. The number of ether oxygens (including phenoxy) is 2. The number of rotatable bonds is 11. The van der Waals surface area contributed by atoms with Crippen LogP contribution < -0.4 is 4.74 Å². The van der Waals surface area contributed by atoms with Crippen molar-refractivity contribution in [1.82, 2.24) is 9.21 Å². The van der Waals surface area contributed by atoms with Crippen molar-refractivity contribution < 1.29 is 26.3 Å². The van der Waals surface area contributed by atoms with Gasteiger partial charge in [0, 0.05) is 32.5 Å². The third-order valence-electron chi connectivity index (χ3n) is 6.20. The Labute approximate surface area is 203 Å². The summed E-state index contributed by atoms with van der Waals surface area (Å²) in [5.41, 5.74) is 1.23. The average Bonchev–Trinajstić information content (AvgIpc) is 2.83. The van der Waals surface area contributed by atoms with Crippen molar-refractivity contribution in [3.63, 3.8) is 0 Å². The van der Waals surface area contributed by atoms with Crippen molar-refractivity contribution in [2.75, 3.05) is 53.3 Å². The van der Waals surface area contributed by atoms with E-state index in [1.165, 1.54) is 41.2 Å². The van der Waals surface area contributed by atoms with Crippen molar-refractivity contribution in [2.45, 2.75) is 35.1 Å². The van der Waals surface area contributed by atoms with Gasteiger partial charge in [-0.1, -0.05) is 18.2 Å². The SMILES string of the molecule is COCCN(C1CCN(CCc2ccc(OC)cc2)CC1)S(=O)(=O)c1cccc(S(C)(=O)=O)c1. The predicted octanol–water partition coefficient (Wildman–Crippen LogP) is 2.44. The molecule has 0 aromatic heterocycles. The lowest BCUT2D eigenvalue weighted by Crippen LogP contribution is -2.48. The Balaban J connectivity index is 1.67. The van der Waals surface area contributed by atoms with Gasteiger partial charge in [0.2, 0.25) is 10.0 Å². The minimum atomic E-state index is -3.88. The van der Waals surface area contributed by atoms with Crippen molar-refractivity contribution in [3.8, 4) is 5.75 Å². The van der Waals surface area contributed by atoms with E-state index < -0.39 is 19.9 Å².